The van der Waals surface area contributed by atoms with Crippen LogP contribution in [0.2, 0.25) is 0 Å². The average Bonchev–Trinajstić information content (AvgIpc) is 2.49. The summed E-state index contributed by atoms with van der Waals surface area (Å²) in [6, 6.07) is 7.38. The number of benzene rings is 1. The molecule has 0 fully saturated rings. The molecule has 0 atom stereocenters. The van der Waals surface area contributed by atoms with E-state index in [1.165, 1.54) is 0 Å². The Morgan fingerprint density at radius 2 is 1.79 bits per heavy atom. The quantitative estimate of drug-likeness (QED) is 0.635. The van der Waals surface area contributed by atoms with Crippen LogP contribution in [0.3, 0.4) is 0 Å². The summed E-state index contributed by atoms with van der Waals surface area (Å²) in [5.74, 6) is -0.126. The highest BCUT2D eigenvalue weighted by atomic mass is 16.3. The number of rotatable bonds is 1. The molecular formula is C10H10N2O2. The van der Waals surface area contributed by atoms with Crippen molar-refractivity contribution in [2.75, 3.05) is 0 Å². The summed E-state index contributed by atoms with van der Waals surface area (Å²) in [4.78, 5) is 11.3. The van der Waals surface area contributed by atoms with Gasteiger partial charge in [0.25, 0.3) is 5.56 Å². The Balaban J connectivity index is 2.60. The number of hydrogen-bond acceptors (Lipinski definition) is 2. The van der Waals surface area contributed by atoms with Gasteiger partial charge in [0.05, 0.1) is 0 Å². The third-order valence-corrected chi connectivity index (χ3v) is 2.10. The van der Waals surface area contributed by atoms with Crippen LogP contribution in [0.25, 0.3) is 11.1 Å². The van der Waals surface area contributed by atoms with Crippen molar-refractivity contribution in [3.05, 3.63) is 40.2 Å². The third kappa shape index (κ3) is 1.31. The van der Waals surface area contributed by atoms with Crippen LogP contribution >= 0.6 is 0 Å². The molecule has 4 nitrogen and oxygen atoms in total. The van der Waals surface area contributed by atoms with Gasteiger partial charge in [0, 0.05) is 0 Å². The summed E-state index contributed by atoms with van der Waals surface area (Å²) in [6.07, 6.45) is 0. The minimum atomic E-state index is -0.314. The highest BCUT2D eigenvalue weighted by Crippen LogP contribution is 2.22. The molecule has 1 aromatic heterocycles. The number of aryl methyl sites for hydroxylation is 1. The van der Waals surface area contributed by atoms with Crippen molar-refractivity contribution in [2.45, 2.75) is 6.92 Å². The van der Waals surface area contributed by atoms with Gasteiger partial charge in [0.15, 0.2) is 0 Å². The van der Waals surface area contributed by atoms with Gasteiger partial charge in [-0.3, -0.25) is 15.0 Å². The minimum Gasteiger partial charge on any atom is -0.493 e. The zero-order chi connectivity index (χ0) is 10.1. The first-order valence-corrected chi connectivity index (χ1v) is 4.25. The molecule has 0 amide bonds. The molecule has 4 heteroatoms. The van der Waals surface area contributed by atoms with Crippen molar-refractivity contribution in [1.29, 1.82) is 0 Å². The van der Waals surface area contributed by atoms with Gasteiger partial charge in [0.2, 0.25) is 5.88 Å². The molecule has 3 N–H and O–H groups in total. The van der Waals surface area contributed by atoms with E-state index in [9.17, 15) is 9.90 Å². The van der Waals surface area contributed by atoms with Gasteiger partial charge in [0.1, 0.15) is 5.56 Å². The molecule has 0 aliphatic rings. The van der Waals surface area contributed by atoms with E-state index in [0.29, 0.717) is 5.56 Å². The zero-order valence-corrected chi connectivity index (χ0v) is 7.66. The van der Waals surface area contributed by atoms with Crippen LogP contribution in [0.5, 0.6) is 5.88 Å². The number of aromatic amines is 2. The van der Waals surface area contributed by atoms with Gasteiger partial charge >= 0.3 is 0 Å². The Morgan fingerprint density at radius 1 is 1.14 bits per heavy atom. The first-order valence-electron chi connectivity index (χ1n) is 4.25. The lowest BCUT2D eigenvalue weighted by atomic mass is 10.1. The van der Waals surface area contributed by atoms with E-state index in [4.69, 9.17) is 0 Å². The molecular weight excluding hydrogens is 180 g/mol. The zero-order valence-electron chi connectivity index (χ0n) is 7.66. The second-order valence-corrected chi connectivity index (χ2v) is 3.17. The van der Waals surface area contributed by atoms with Crippen LogP contribution in [0.1, 0.15) is 5.56 Å². The van der Waals surface area contributed by atoms with Crippen molar-refractivity contribution in [1.82, 2.24) is 10.2 Å². The van der Waals surface area contributed by atoms with Crippen LogP contribution < -0.4 is 5.56 Å². The third-order valence-electron chi connectivity index (χ3n) is 2.10. The maximum absolute atomic E-state index is 11.3. The molecule has 0 saturated carbocycles. The average molecular weight is 190 g/mol. The molecule has 2 aromatic rings. The van der Waals surface area contributed by atoms with Crippen molar-refractivity contribution in [2.24, 2.45) is 0 Å². The molecule has 1 heterocycles. The second-order valence-electron chi connectivity index (χ2n) is 3.17. The number of aromatic nitrogens is 2. The van der Waals surface area contributed by atoms with Gasteiger partial charge in [-0.2, -0.15) is 0 Å². The Morgan fingerprint density at radius 3 is 2.29 bits per heavy atom. The monoisotopic (exact) mass is 190 g/mol. The summed E-state index contributed by atoms with van der Waals surface area (Å²) in [7, 11) is 0. The van der Waals surface area contributed by atoms with Gasteiger partial charge < -0.3 is 5.11 Å². The fourth-order valence-corrected chi connectivity index (χ4v) is 1.34. The van der Waals surface area contributed by atoms with Gasteiger partial charge in [-0.1, -0.05) is 29.8 Å². The summed E-state index contributed by atoms with van der Waals surface area (Å²) in [5, 5.41) is 14.1. The summed E-state index contributed by atoms with van der Waals surface area (Å²) in [5.41, 5.74) is 1.78. The van der Waals surface area contributed by atoms with E-state index in [0.717, 1.165) is 5.56 Å². The molecule has 72 valence electrons. The van der Waals surface area contributed by atoms with Crippen LogP contribution in [-0.4, -0.2) is 15.3 Å². The van der Waals surface area contributed by atoms with E-state index >= 15 is 0 Å². The minimum absolute atomic E-state index is 0.126. The topological polar surface area (TPSA) is 68.9 Å². The molecule has 0 radical (unpaired) electrons. The van der Waals surface area contributed by atoms with Gasteiger partial charge in [-0.05, 0) is 12.5 Å². The Kier molecular flexibility index (Phi) is 1.89. The van der Waals surface area contributed by atoms with Gasteiger partial charge in [-0.15, -0.1) is 0 Å². The fourth-order valence-electron chi connectivity index (χ4n) is 1.34. The van der Waals surface area contributed by atoms with Crippen LogP contribution in [0, 0.1) is 6.92 Å². The summed E-state index contributed by atoms with van der Waals surface area (Å²) < 4.78 is 0. The predicted octanol–water partition coefficient (Wildman–Crippen LogP) is 1.38. The van der Waals surface area contributed by atoms with Crippen molar-refractivity contribution in [3.8, 4) is 17.0 Å². The molecule has 0 spiro atoms. The van der Waals surface area contributed by atoms with Crippen LogP contribution in [0.4, 0.5) is 0 Å². The smallest absolute Gasteiger partial charge is 0.275 e. The maximum atomic E-state index is 11.3. The number of aromatic hydroxyl groups is 1. The normalized spacial score (nSPS) is 10.4. The fraction of sp³-hybridized carbons (Fsp3) is 0.100. The standard InChI is InChI=1S/C10H10N2O2/c1-6-2-4-7(5-3-6)8-9(13)11-12-10(8)14/h2-5H,1H3,(H3,11,12,13,14). The first-order chi connectivity index (χ1) is 6.68. The molecule has 0 aliphatic heterocycles. The van der Waals surface area contributed by atoms with Crippen LogP contribution in [-0.2, 0) is 0 Å². The highest BCUT2D eigenvalue weighted by Gasteiger charge is 2.10. The second kappa shape index (κ2) is 3.06. The number of hydrogen-bond donors (Lipinski definition) is 3. The molecule has 14 heavy (non-hydrogen) atoms. The lowest BCUT2D eigenvalue weighted by molar-refractivity contribution is 0.454. The molecule has 0 bridgehead atoms. The molecule has 1 aromatic carbocycles. The van der Waals surface area contributed by atoms with Crippen molar-refractivity contribution >= 4 is 0 Å². The Labute approximate surface area is 80.2 Å². The SMILES string of the molecule is Cc1ccc(-c2c(O)[nH][nH]c2=O)cc1. The Hall–Kier alpha value is -1.97. The van der Waals surface area contributed by atoms with E-state index in [1.807, 2.05) is 19.1 Å². The van der Waals surface area contributed by atoms with Crippen LogP contribution in [0.15, 0.2) is 29.1 Å². The first kappa shape index (κ1) is 8.62. The lowest BCUT2D eigenvalue weighted by Crippen LogP contribution is -2.01. The molecule has 2 rings (SSSR count). The predicted molar refractivity (Wildman–Crippen MR) is 53.3 cm³/mol. The molecule has 0 aliphatic carbocycles. The molecule has 0 unspecified atom stereocenters. The molecule has 0 saturated heterocycles. The number of H-pyrrole nitrogens is 2. The maximum Gasteiger partial charge on any atom is 0.275 e. The van der Waals surface area contributed by atoms with E-state index in [1.54, 1.807) is 12.1 Å². The number of nitrogens with one attached hydrogen (secondary N) is 2. The largest absolute Gasteiger partial charge is 0.493 e. The lowest BCUT2D eigenvalue weighted by Gasteiger charge is -1.97. The van der Waals surface area contributed by atoms with Crippen molar-refractivity contribution in [3.63, 3.8) is 0 Å². The summed E-state index contributed by atoms with van der Waals surface area (Å²) in [6.45, 7) is 1.96. The Bertz CT molecular complexity index is 494. The van der Waals surface area contributed by atoms with E-state index < -0.39 is 0 Å². The van der Waals surface area contributed by atoms with E-state index in [-0.39, 0.29) is 17.0 Å². The highest BCUT2D eigenvalue weighted by molar-refractivity contribution is 5.67. The van der Waals surface area contributed by atoms with E-state index in [2.05, 4.69) is 10.2 Å². The van der Waals surface area contributed by atoms with Gasteiger partial charge in [-0.25, -0.2) is 0 Å². The summed E-state index contributed by atoms with van der Waals surface area (Å²) >= 11 is 0. The van der Waals surface area contributed by atoms with Crippen molar-refractivity contribution < 1.29 is 5.11 Å².